The highest BCUT2D eigenvalue weighted by atomic mass is 35.5. The molecule has 1 heterocycles. The minimum Gasteiger partial charge on any atom is -0.493 e. The Hall–Kier alpha value is -1.26. The van der Waals surface area contributed by atoms with Crippen LogP contribution in [0, 0.1) is 5.92 Å². The van der Waals surface area contributed by atoms with Crippen molar-refractivity contribution in [3.63, 3.8) is 0 Å². The zero-order chi connectivity index (χ0) is 15.8. The Balaban J connectivity index is 0.00000264. The summed E-state index contributed by atoms with van der Waals surface area (Å²) in [6, 6.07) is 8.10. The third-order valence-electron chi connectivity index (χ3n) is 4.18. The van der Waals surface area contributed by atoms with Crippen molar-refractivity contribution in [3.05, 3.63) is 29.8 Å². The molecule has 1 amide bonds. The topological polar surface area (TPSA) is 50.4 Å². The number of halogens is 1. The van der Waals surface area contributed by atoms with Gasteiger partial charge in [0, 0.05) is 6.54 Å². The van der Waals surface area contributed by atoms with Crippen LogP contribution in [0.15, 0.2) is 24.3 Å². The van der Waals surface area contributed by atoms with Gasteiger partial charge >= 0.3 is 0 Å². The second-order valence-corrected chi connectivity index (χ2v) is 6.32. The average molecular weight is 341 g/mol. The van der Waals surface area contributed by atoms with Crippen molar-refractivity contribution < 1.29 is 9.53 Å². The minimum absolute atomic E-state index is 0. The fourth-order valence-electron chi connectivity index (χ4n) is 2.68. The normalized spacial score (nSPS) is 16.9. The Labute approximate surface area is 145 Å². The molecule has 0 saturated carbocycles. The van der Waals surface area contributed by atoms with Gasteiger partial charge < -0.3 is 15.4 Å². The lowest BCUT2D eigenvalue weighted by molar-refractivity contribution is -0.121. The lowest BCUT2D eigenvalue weighted by Gasteiger charge is -2.10. The van der Waals surface area contributed by atoms with E-state index in [2.05, 4.69) is 36.6 Å². The van der Waals surface area contributed by atoms with Gasteiger partial charge in [0.25, 0.3) is 0 Å². The second kappa shape index (κ2) is 10.5. The number of carbonyl (C=O) groups is 1. The molecule has 1 atom stereocenters. The Kier molecular flexibility index (Phi) is 9.03. The molecule has 2 rings (SSSR count). The van der Waals surface area contributed by atoms with E-state index in [1.807, 2.05) is 12.1 Å². The van der Waals surface area contributed by atoms with Gasteiger partial charge in [-0.2, -0.15) is 0 Å². The molecule has 1 saturated heterocycles. The lowest BCUT2D eigenvalue weighted by Crippen LogP contribution is -2.27. The number of rotatable bonds is 8. The molecule has 1 aromatic carbocycles. The fourth-order valence-corrected chi connectivity index (χ4v) is 2.68. The van der Waals surface area contributed by atoms with Gasteiger partial charge in [-0.25, -0.2) is 0 Å². The summed E-state index contributed by atoms with van der Waals surface area (Å²) < 4.78 is 5.62. The predicted molar refractivity (Wildman–Crippen MR) is 96.5 cm³/mol. The van der Waals surface area contributed by atoms with Crippen LogP contribution in [-0.4, -0.2) is 32.1 Å². The van der Waals surface area contributed by atoms with Crippen LogP contribution in [0.5, 0.6) is 5.75 Å². The van der Waals surface area contributed by atoms with Crippen LogP contribution in [0.3, 0.4) is 0 Å². The van der Waals surface area contributed by atoms with Gasteiger partial charge in [-0.15, -0.1) is 12.4 Å². The van der Waals surface area contributed by atoms with Gasteiger partial charge in [0.15, 0.2) is 0 Å². The zero-order valence-electron chi connectivity index (χ0n) is 14.1. The van der Waals surface area contributed by atoms with E-state index in [1.165, 1.54) is 12.0 Å². The molecule has 2 N–H and O–H groups in total. The Morgan fingerprint density at radius 3 is 2.70 bits per heavy atom. The van der Waals surface area contributed by atoms with Crippen LogP contribution in [0.4, 0.5) is 0 Å². The highest BCUT2D eigenvalue weighted by Crippen LogP contribution is 2.18. The Morgan fingerprint density at radius 1 is 1.35 bits per heavy atom. The first-order valence-electron chi connectivity index (χ1n) is 8.35. The summed E-state index contributed by atoms with van der Waals surface area (Å²) in [5, 5.41) is 6.31. The Bertz CT molecular complexity index is 457. The van der Waals surface area contributed by atoms with Gasteiger partial charge in [0.05, 0.1) is 13.0 Å². The monoisotopic (exact) mass is 340 g/mol. The van der Waals surface area contributed by atoms with Gasteiger partial charge in [-0.3, -0.25) is 4.79 Å². The molecule has 0 radical (unpaired) electrons. The van der Waals surface area contributed by atoms with Crippen LogP contribution in [0.1, 0.15) is 44.6 Å². The van der Waals surface area contributed by atoms with Crippen LogP contribution in [0.25, 0.3) is 0 Å². The predicted octanol–water partition coefficient (Wildman–Crippen LogP) is 3.12. The van der Waals surface area contributed by atoms with E-state index in [1.54, 1.807) is 0 Å². The molecule has 1 aliphatic heterocycles. The van der Waals surface area contributed by atoms with Crippen molar-refractivity contribution >= 4 is 18.3 Å². The molecule has 1 aliphatic rings. The van der Waals surface area contributed by atoms with E-state index in [9.17, 15) is 4.79 Å². The van der Waals surface area contributed by atoms with E-state index in [0.29, 0.717) is 18.9 Å². The number of benzene rings is 1. The third kappa shape index (κ3) is 7.23. The van der Waals surface area contributed by atoms with E-state index in [-0.39, 0.29) is 18.3 Å². The number of nitrogens with one attached hydrogen (secondary N) is 2. The van der Waals surface area contributed by atoms with Crippen molar-refractivity contribution in [2.75, 3.05) is 26.2 Å². The summed E-state index contributed by atoms with van der Waals surface area (Å²) in [6.07, 6.45) is 2.70. The van der Waals surface area contributed by atoms with Crippen molar-refractivity contribution in [1.82, 2.24) is 10.6 Å². The SMILES string of the molecule is CC(C)c1ccc(OCCC(=O)NCCC2CCNC2)cc1.Cl. The molecule has 0 aliphatic carbocycles. The highest BCUT2D eigenvalue weighted by molar-refractivity contribution is 5.85. The molecule has 1 unspecified atom stereocenters. The molecule has 0 aromatic heterocycles. The number of carbonyl (C=O) groups excluding carboxylic acids is 1. The average Bonchev–Trinajstić information content (AvgIpc) is 3.01. The van der Waals surface area contributed by atoms with E-state index >= 15 is 0 Å². The van der Waals surface area contributed by atoms with Gasteiger partial charge in [0.2, 0.25) is 5.91 Å². The Morgan fingerprint density at radius 2 is 2.09 bits per heavy atom. The van der Waals surface area contributed by atoms with Gasteiger partial charge in [-0.05, 0) is 55.5 Å². The lowest BCUT2D eigenvalue weighted by atomic mass is 10.0. The van der Waals surface area contributed by atoms with Gasteiger partial charge in [0.1, 0.15) is 5.75 Å². The van der Waals surface area contributed by atoms with Crippen LogP contribution in [0.2, 0.25) is 0 Å². The minimum atomic E-state index is 0. The zero-order valence-corrected chi connectivity index (χ0v) is 15.0. The first-order chi connectivity index (χ1) is 10.6. The quantitative estimate of drug-likeness (QED) is 0.764. The second-order valence-electron chi connectivity index (χ2n) is 6.32. The van der Waals surface area contributed by atoms with Crippen LogP contribution < -0.4 is 15.4 Å². The van der Waals surface area contributed by atoms with E-state index < -0.39 is 0 Å². The van der Waals surface area contributed by atoms with Crippen molar-refractivity contribution in [1.29, 1.82) is 0 Å². The largest absolute Gasteiger partial charge is 0.493 e. The van der Waals surface area contributed by atoms with Gasteiger partial charge in [-0.1, -0.05) is 26.0 Å². The summed E-state index contributed by atoms with van der Waals surface area (Å²) in [6.45, 7) is 7.74. The van der Waals surface area contributed by atoms with Crippen molar-refractivity contribution in [2.45, 2.75) is 39.0 Å². The molecule has 1 fully saturated rings. The molecule has 0 spiro atoms. The maximum absolute atomic E-state index is 11.7. The molecule has 4 nitrogen and oxygen atoms in total. The summed E-state index contributed by atoms with van der Waals surface area (Å²) in [5.41, 5.74) is 1.30. The maximum atomic E-state index is 11.7. The van der Waals surface area contributed by atoms with Crippen LogP contribution in [-0.2, 0) is 4.79 Å². The summed E-state index contributed by atoms with van der Waals surface area (Å²) in [5.74, 6) is 2.14. The van der Waals surface area contributed by atoms with Crippen molar-refractivity contribution in [3.8, 4) is 5.75 Å². The molecule has 130 valence electrons. The molecular formula is C18H29ClN2O2. The number of amides is 1. The maximum Gasteiger partial charge on any atom is 0.223 e. The van der Waals surface area contributed by atoms with E-state index in [4.69, 9.17) is 4.74 Å². The first kappa shape index (κ1) is 19.8. The molecule has 0 bridgehead atoms. The fraction of sp³-hybridized carbons (Fsp3) is 0.611. The van der Waals surface area contributed by atoms with E-state index in [0.717, 1.165) is 37.7 Å². The molecular weight excluding hydrogens is 312 g/mol. The number of hydrogen-bond donors (Lipinski definition) is 2. The molecule has 1 aromatic rings. The third-order valence-corrected chi connectivity index (χ3v) is 4.18. The number of ether oxygens (including phenoxy) is 1. The molecule has 23 heavy (non-hydrogen) atoms. The number of hydrogen-bond acceptors (Lipinski definition) is 3. The van der Waals surface area contributed by atoms with Crippen LogP contribution >= 0.6 is 12.4 Å². The smallest absolute Gasteiger partial charge is 0.223 e. The first-order valence-corrected chi connectivity index (χ1v) is 8.35. The molecule has 5 heteroatoms. The summed E-state index contributed by atoms with van der Waals surface area (Å²) in [7, 11) is 0. The van der Waals surface area contributed by atoms with Crippen molar-refractivity contribution in [2.24, 2.45) is 5.92 Å². The summed E-state index contributed by atoms with van der Waals surface area (Å²) in [4.78, 5) is 11.7. The standard InChI is InChI=1S/C18H28N2O2.ClH/c1-14(2)16-3-5-17(6-4-16)22-12-9-18(21)20-11-8-15-7-10-19-13-15;/h3-6,14-15,19H,7-13H2,1-2H3,(H,20,21);1H. The highest BCUT2D eigenvalue weighted by Gasteiger charge is 2.14. The summed E-state index contributed by atoms with van der Waals surface area (Å²) >= 11 is 0.